The molecule has 4 rings (SSSR count). The van der Waals surface area contributed by atoms with Gasteiger partial charge in [0, 0.05) is 41.4 Å². The van der Waals surface area contributed by atoms with Gasteiger partial charge in [0.15, 0.2) is 0 Å². The number of amides is 1. The molecule has 1 aromatic heterocycles. The number of aryl methyl sites for hydroxylation is 1. The van der Waals surface area contributed by atoms with Crippen LogP contribution >= 0.6 is 11.6 Å². The number of carbonyl (C=O) groups is 1. The van der Waals surface area contributed by atoms with Crippen LogP contribution in [-0.4, -0.2) is 23.5 Å². The molecule has 0 saturated carbocycles. The quantitative estimate of drug-likeness (QED) is 0.674. The number of rotatable bonds is 6. The van der Waals surface area contributed by atoms with Crippen LogP contribution in [0, 0.1) is 0 Å². The summed E-state index contributed by atoms with van der Waals surface area (Å²) in [4.78, 5) is 16.4. The Labute approximate surface area is 169 Å². The Morgan fingerprint density at radius 3 is 2.86 bits per heavy atom. The number of halogens is 1. The maximum absolute atomic E-state index is 12.2. The molecule has 4 nitrogen and oxygen atoms in total. The number of fused-ring (bicyclic) bond motifs is 1. The van der Waals surface area contributed by atoms with Crippen molar-refractivity contribution in [2.45, 2.75) is 25.4 Å². The molecule has 5 heteroatoms. The molecule has 2 aromatic carbocycles. The Hall–Kier alpha value is -2.85. The molecular weight excluding hydrogens is 372 g/mol. The molecule has 3 aromatic rings. The van der Waals surface area contributed by atoms with E-state index in [1.165, 1.54) is 0 Å². The number of nitrogens with one attached hydrogen (secondary N) is 1. The number of aromatic nitrogens is 1. The third-order valence-corrected chi connectivity index (χ3v) is 5.28. The lowest BCUT2D eigenvalue weighted by Gasteiger charge is -2.13. The van der Waals surface area contributed by atoms with Crippen LogP contribution in [0.1, 0.15) is 17.5 Å². The van der Waals surface area contributed by atoms with Gasteiger partial charge in [0.1, 0.15) is 11.9 Å². The zero-order valence-electron chi connectivity index (χ0n) is 15.4. The predicted molar refractivity (Wildman–Crippen MR) is 111 cm³/mol. The summed E-state index contributed by atoms with van der Waals surface area (Å²) in [7, 11) is 0. The van der Waals surface area contributed by atoms with Crippen LogP contribution in [0.4, 0.5) is 0 Å². The van der Waals surface area contributed by atoms with Crippen molar-refractivity contribution < 1.29 is 9.53 Å². The molecule has 0 spiro atoms. The summed E-state index contributed by atoms with van der Waals surface area (Å²) in [6, 6.07) is 17.7. The van der Waals surface area contributed by atoms with Gasteiger partial charge < -0.3 is 10.1 Å². The van der Waals surface area contributed by atoms with Crippen LogP contribution in [0.5, 0.6) is 5.75 Å². The molecule has 1 aliphatic rings. The van der Waals surface area contributed by atoms with Crippen molar-refractivity contribution in [2.24, 2.45) is 0 Å². The number of pyridine rings is 1. The maximum atomic E-state index is 12.2. The minimum atomic E-state index is -0.0583. The Kier molecular flexibility index (Phi) is 5.58. The molecule has 142 valence electrons. The Morgan fingerprint density at radius 1 is 1.14 bits per heavy atom. The second kappa shape index (κ2) is 8.44. The summed E-state index contributed by atoms with van der Waals surface area (Å²) in [6.07, 6.45) is 5.36. The third kappa shape index (κ3) is 4.18. The molecule has 0 radical (unpaired) electrons. The summed E-state index contributed by atoms with van der Waals surface area (Å²) in [5.41, 5.74) is 4.23. The fourth-order valence-electron chi connectivity index (χ4n) is 3.47. The Bertz CT molecular complexity index is 975. The van der Waals surface area contributed by atoms with Crippen molar-refractivity contribution in [3.8, 4) is 16.9 Å². The summed E-state index contributed by atoms with van der Waals surface area (Å²) in [5, 5.41) is 3.69. The van der Waals surface area contributed by atoms with Crippen LogP contribution in [0.15, 0.2) is 67.0 Å². The van der Waals surface area contributed by atoms with E-state index in [2.05, 4.69) is 16.4 Å². The molecule has 1 unspecified atom stereocenters. The van der Waals surface area contributed by atoms with Crippen molar-refractivity contribution in [3.05, 3.63) is 83.1 Å². The van der Waals surface area contributed by atoms with Crippen LogP contribution < -0.4 is 10.1 Å². The van der Waals surface area contributed by atoms with Crippen molar-refractivity contribution in [3.63, 3.8) is 0 Å². The number of hydrogen-bond acceptors (Lipinski definition) is 3. The van der Waals surface area contributed by atoms with Gasteiger partial charge in [0.05, 0.1) is 6.54 Å². The first-order valence-corrected chi connectivity index (χ1v) is 9.77. The zero-order valence-corrected chi connectivity index (χ0v) is 16.2. The molecule has 0 aliphatic carbocycles. The average molecular weight is 393 g/mol. The molecule has 0 bridgehead atoms. The van der Waals surface area contributed by atoms with E-state index in [1.54, 1.807) is 6.20 Å². The fourth-order valence-corrected chi connectivity index (χ4v) is 3.70. The number of para-hydroxylation sites is 1. The average Bonchev–Trinajstić information content (AvgIpc) is 3.15. The van der Waals surface area contributed by atoms with E-state index in [4.69, 9.17) is 16.3 Å². The molecule has 1 amide bonds. The highest BCUT2D eigenvalue weighted by Crippen LogP contribution is 2.38. The van der Waals surface area contributed by atoms with Crippen LogP contribution in [-0.2, 0) is 17.6 Å². The molecule has 1 N–H and O–H groups in total. The van der Waals surface area contributed by atoms with Gasteiger partial charge in [0.2, 0.25) is 5.91 Å². The van der Waals surface area contributed by atoms with E-state index < -0.39 is 0 Å². The highest BCUT2D eigenvalue weighted by atomic mass is 35.5. The van der Waals surface area contributed by atoms with Crippen molar-refractivity contribution in [1.29, 1.82) is 0 Å². The predicted octanol–water partition coefficient (Wildman–Crippen LogP) is 4.45. The lowest BCUT2D eigenvalue weighted by Crippen LogP contribution is -2.34. The molecule has 1 aliphatic heterocycles. The number of benzene rings is 2. The largest absolute Gasteiger partial charge is 0.487 e. The van der Waals surface area contributed by atoms with E-state index in [0.29, 0.717) is 24.4 Å². The van der Waals surface area contributed by atoms with Gasteiger partial charge >= 0.3 is 0 Å². The van der Waals surface area contributed by atoms with Gasteiger partial charge in [-0.3, -0.25) is 9.78 Å². The molecule has 0 saturated heterocycles. The molecule has 2 heterocycles. The van der Waals surface area contributed by atoms with Gasteiger partial charge in [0.25, 0.3) is 0 Å². The standard InChI is InChI=1S/C23H21ClN2O2/c24-21-9-2-1-5-16(21)10-11-22(27)26-15-19-13-17-6-3-8-20(23(17)28-19)18-7-4-12-25-14-18/h1-9,12,14,19H,10-11,13,15H2,(H,26,27). The van der Waals surface area contributed by atoms with E-state index in [1.807, 2.05) is 54.7 Å². The van der Waals surface area contributed by atoms with Crippen molar-refractivity contribution in [2.75, 3.05) is 6.54 Å². The van der Waals surface area contributed by atoms with Crippen molar-refractivity contribution >= 4 is 17.5 Å². The Balaban J connectivity index is 1.33. The number of carbonyl (C=O) groups excluding carboxylic acids is 1. The first kappa shape index (κ1) is 18.5. The summed E-state index contributed by atoms with van der Waals surface area (Å²) < 4.78 is 6.16. The fraction of sp³-hybridized carbons (Fsp3) is 0.217. The molecule has 28 heavy (non-hydrogen) atoms. The lowest BCUT2D eigenvalue weighted by atomic mass is 10.0. The zero-order chi connectivity index (χ0) is 19.3. The highest BCUT2D eigenvalue weighted by molar-refractivity contribution is 6.31. The van der Waals surface area contributed by atoms with Gasteiger partial charge in [-0.15, -0.1) is 0 Å². The minimum Gasteiger partial charge on any atom is -0.487 e. The van der Waals surface area contributed by atoms with E-state index in [-0.39, 0.29) is 12.0 Å². The van der Waals surface area contributed by atoms with Gasteiger partial charge in [-0.1, -0.05) is 54.1 Å². The van der Waals surface area contributed by atoms with Crippen molar-refractivity contribution in [1.82, 2.24) is 10.3 Å². The first-order valence-electron chi connectivity index (χ1n) is 9.40. The monoisotopic (exact) mass is 392 g/mol. The topological polar surface area (TPSA) is 51.2 Å². The van der Waals surface area contributed by atoms with Crippen LogP contribution in [0.3, 0.4) is 0 Å². The number of ether oxygens (including phenoxy) is 1. The second-order valence-corrected chi connectivity index (χ2v) is 7.28. The van der Waals surface area contributed by atoms with Crippen LogP contribution in [0.2, 0.25) is 5.02 Å². The first-order chi connectivity index (χ1) is 13.7. The summed E-state index contributed by atoms with van der Waals surface area (Å²) in [5.74, 6) is 0.901. The maximum Gasteiger partial charge on any atom is 0.220 e. The molecular formula is C23H21ClN2O2. The van der Waals surface area contributed by atoms with Gasteiger partial charge in [-0.25, -0.2) is 0 Å². The highest BCUT2D eigenvalue weighted by Gasteiger charge is 2.26. The molecule has 0 fully saturated rings. The number of hydrogen-bond donors (Lipinski definition) is 1. The Morgan fingerprint density at radius 2 is 2.04 bits per heavy atom. The van der Waals surface area contributed by atoms with Gasteiger partial charge in [-0.05, 0) is 29.7 Å². The lowest BCUT2D eigenvalue weighted by molar-refractivity contribution is -0.121. The van der Waals surface area contributed by atoms with Gasteiger partial charge in [-0.2, -0.15) is 0 Å². The summed E-state index contributed by atoms with van der Waals surface area (Å²) in [6.45, 7) is 0.489. The normalized spacial score (nSPS) is 15.0. The minimum absolute atomic E-state index is 0.00644. The van der Waals surface area contributed by atoms with E-state index in [0.717, 1.165) is 34.4 Å². The third-order valence-electron chi connectivity index (χ3n) is 4.91. The smallest absolute Gasteiger partial charge is 0.220 e. The SMILES string of the molecule is O=C(CCc1ccccc1Cl)NCC1Cc2cccc(-c3cccnc3)c2O1. The second-order valence-electron chi connectivity index (χ2n) is 6.87. The van der Waals surface area contributed by atoms with E-state index >= 15 is 0 Å². The van der Waals surface area contributed by atoms with E-state index in [9.17, 15) is 4.79 Å². The van der Waals surface area contributed by atoms with Crippen LogP contribution in [0.25, 0.3) is 11.1 Å². The number of nitrogens with zero attached hydrogens (tertiary/aromatic N) is 1. The summed E-state index contributed by atoms with van der Waals surface area (Å²) >= 11 is 6.15. The molecule has 1 atom stereocenters.